The Bertz CT molecular complexity index is 435. The molecule has 0 aliphatic heterocycles. The van der Waals surface area contributed by atoms with Crippen LogP contribution < -0.4 is 11.1 Å². The Morgan fingerprint density at radius 3 is 2.29 bits per heavy atom. The molecule has 21 heavy (non-hydrogen) atoms. The zero-order valence-electron chi connectivity index (χ0n) is 11.6. The van der Waals surface area contributed by atoms with Crippen molar-refractivity contribution in [2.45, 2.75) is 42.5 Å². The summed E-state index contributed by atoms with van der Waals surface area (Å²) in [6, 6.07) is 5.63. The SMILES string of the molecule is NCCCCCCC(=O)Nc1ccc(SC(F)(F)F)cc1. The molecule has 1 aromatic rings. The van der Waals surface area contributed by atoms with E-state index >= 15 is 0 Å². The first-order chi connectivity index (χ1) is 9.90. The third kappa shape index (κ3) is 8.62. The fraction of sp³-hybridized carbons (Fsp3) is 0.500. The maximum atomic E-state index is 12.2. The van der Waals surface area contributed by atoms with Gasteiger partial charge < -0.3 is 11.1 Å². The van der Waals surface area contributed by atoms with E-state index in [0.29, 0.717) is 18.7 Å². The molecule has 0 aliphatic carbocycles. The Kier molecular flexibility index (Phi) is 7.60. The minimum absolute atomic E-state index is 0.0993. The van der Waals surface area contributed by atoms with Gasteiger partial charge in [-0.3, -0.25) is 4.79 Å². The highest BCUT2D eigenvalue weighted by atomic mass is 32.2. The van der Waals surface area contributed by atoms with Crippen LogP contribution in [0.25, 0.3) is 0 Å². The van der Waals surface area contributed by atoms with Crippen LogP contribution in [0.3, 0.4) is 0 Å². The molecule has 0 aliphatic rings. The van der Waals surface area contributed by atoms with E-state index in [4.69, 9.17) is 5.73 Å². The molecular formula is C14H19F3N2OS. The molecule has 0 aromatic heterocycles. The molecule has 0 radical (unpaired) electrons. The van der Waals surface area contributed by atoms with Gasteiger partial charge in [0.15, 0.2) is 0 Å². The van der Waals surface area contributed by atoms with Crippen LogP contribution in [0.2, 0.25) is 0 Å². The van der Waals surface area contributed by atoms with Crippen molar-refractivity contribution in [2.24, 2.45) is 5.73 Å². The summed E-state index contributed by atoms with van der Waals surface area (Å²) in [6.07, 6.45) is 4.11. The number of thioether (sulfide) groups is 1. The number of hydrogen-bond donors (Lipinski definition) is 2. The number of nitrogens with one attached hydrogen (secondary N) is 1. The first kappa shape index (κ1) is 17.8. The van der Waals surface area contributed by atoms with Gasteiger partial charge >= 0.3 is 5.51 Å². The van der Waals surface area contributed by atoms with Crippen LogP contribution in [0, 0.1) is 0 Å². The molecule has 3 N–H and O–H groups in total. The molecule has 1 amide bonds. The van der Waals surface area contributed by atoms with Crippen molar-refractivity contribution in [1.82, 2.24) is 0 Å². The maximum Gasteiger partial charge on any atom is 0.446 e. The Morgan fingerprint density at radius 1 is 1.10 bits per heavy atom. The average molecular weight is 320 g/mol. The van der Waals surface area contributed by atoms with Crippen LogP contribution in [0.5, 0.6) is 0 Å². The molecular weight excluding hydrogens is 301 g/mol. The number of unbranched alkanes of at least 4 members (excludes halogenated alkanes) is 3. The first-order valence-corrected chi connectivity index (χ1v) is 7.58. The van der Waals surface area contributed by atoms with Crippen molar-refractivity contribution >= 4 is 23.4 Å². The summed E-state index contributed by atoms with van der Waals surface area (Å²) in [4.78, 5) is 11.7. The van der Waals surface area contributed by atoms with Crippen LogP contribution in [0.15, 0.2) is 29.2 Å². The van der Waals surface area contributed by atoms with E-state index in [1.54, 1.807) is 0 Å². The van der Waals surface area contributed by atoms with Gasteiger partial charge in [-0.2, -0.15) is 13.2 Å². The van der Waals surface area contributed by atoms with E-state index in [0.717, 1.165) is 25.7 Å². The molecule has 0 saturated carbocycles. The number of alkyl halides is 3. The Morgan fingerprint density at radius 2 is 1.71 bits per heavy atom. The van der Waals surface area contributed by atoms with E-state index in [2.05, 4.69) is 5.32 Å². The summed E-state index contributed by atoms with van der Waals surface area (Å²) in [5.41, 5.74) is 1.58. The van der Waals surface area contributed by atoms with Crippen molar-refractivity contribution < 1.29 is 18.0 Å². The zero-order valence-corrected chi connectivity index (χ0v) is 12.4. The molecule has 0 bridgehead atoms. The second kappa shape index (κ2) is 8.94. The summed E-state index contributed by atoms with van der Waals surface area (Å²) < 4.78 is 36.5. The van der Waals surface area contributed by atoms with Crippen LogP contribution in [-0.2, 0) is 4.79 Å². The van der Waals surface area contributed by atoms with Gasteiger partial charge in [0.25, 0.3) is 0 Å². The van der Waals surface area contributed by atoms with Crippen molar-refractivity contribution in [2.75, 3.05) is 11.9 Å². The standard InChI is InChI=1S/C14H19F3N2OS/c15-14(16,17)21-12-8-6-11(7-9-12)19-13(20)5-3-1-2-4-10-18/h6-9H,1-5,10,18H2,(H,19,20). The van der Waals surface area contributed by atoms with E-state index in [-0.39, 0.29) is 22.6 Å². The lowest BCUT2D eigenvalue weighted by Gasteiger charge is -2.08. The topological polar surface area (TPSA) is 55.1 Å². The minimum Gasteiger partial charge on any atom is -0.330 e. The summed E-state index contributed by atoms with van der Waals surface area (Å²) in [5, 5.41) is 2.67. The molecule has 0 unspecified atom stereocenters. The van der Waals surface area contributed by atoms with E-state index in [1.165, 1.54) is 24.3 Å². The number of hydrogen-bond acceptors (Lipinski definition) is 3. The molecule has 118 valence electrons. The summed E-state index contributed by atoms with van der Waals surface area (Å²) >= 11 is -0.173. The Balaban J connectivity index is 2.33. The van der Waals surface area contributed by atoms with Crippen LogP contribution in [0.4, 0.5) is 18.9 Å². The number of carbonyl (C=O) groups excluding carboxylic acids is 1. The third-order valence-corrected chi connectivity index (χ3v) is 3.47. The monoisotopic (exact) mass is 320 g/mol. The molecule has 0 atom stereocenters. The van der Waals surface area contributed by atoms with Gasteiger partial charge in [-0.25, -0.2) is 0 Å². The summed E-state index contributed by atoms with van der Waals surface area (Å²) in [7, 11) is 0. The lowest BCUT2D eigenvalue weighted by Crippen LogP contribution is -2.11. The molecule has 0 fully saturated rings. The Labute approximate surface area is 126 Å². The maximum absolute atomic E-state index is 12.2. The molecule has 0 saturated heterocycles. The second-order valence-corrected chi connectivity index (χ2v) is 5.71. The second-order valence-electron chi connectivity index (χ2n) is 4.57. The summed E-state index contributed by atoms with van der Waals surface area (Å²) in [5.74, 6) is -0.126. The normalized spacial score (nSPS) is 11.4. The van der Waals surface area contributed by atoms with Crippen LogP contribution >= 0.6 is 11.8 Å². The highest BCUT2D eigenvalue weighted by Gasteiger charge is 2.28. The zero-order chi connectivity index (χ0) is 15.7. The highest BCUT2D eigenvalue weighted by molar-refractivity contribution is 8.00. The predicted molar refractivity (Wildman–Crippen MR) is 79.1 cm³/mol. The molecule has 0 spiro atoms. The number of benzene rings is 1. The Hall–Kier alpha value is -1.21. The van der Waals surface area contributed by atoms with E-state index < -0.39 is 5.51 Å². The lowest BCUT2D eigenvalue weighted by atomic mass is 10.1. The van der Waals surface area contributed by atoms with E-state index in [1.807, 2.05) is 0 Å². The quantitative estimate of drug-likeness (QED) is 0.559. The van der Waals surface area contributed by atoms with Crippen molar-refractivity contribution in [3.8, 4) is 0 Å². The fourth-order valence-electron chi connectivity index (χ4n) is 1.75. The van der Waals surface area contributed by atoms with E-state index in [9.17, 15) is 18.0 Å². The molecule has 0 heterocycles. The van der Waals surface area contributed by atoms with Gasteiger partial charge in [0.2, 0.25) is 5.91 Å². The molecule has 1 aromatic carbocycles. The third-order valence-electron chi connectivity index (χ3n) is 2.73. The van der Waals surface area contributed by atoms with Crippen molar-refractivity contribution in [1.29, 1.82) is 0 Å². The van der Waals surface area contributed by atoms with Crippen molar-refractivity contribution in [3.63, 3.8) is 0 Å². The number of anilines is 1. The predicted octanol–water partition coefficient (Wildman–Crippen LogP) is 4.15. The van der Waals surface area contributed by atoms with Crippen molar-refractivity contribution in [3.05, 3.63) is 24.3 Å². The first-order valence-electron chi connectivity index (χ1n) is 6.76. The minimum atomic E-state index is -4.30. The fourth-order valence-corrected chi connectivity index (χ4v) is 2.29. The number of nitrogens with two attached hydrogens (primary N) is 1. The largest absolute Gasteiger partial charge is 0.446 e. The molecule has 7 heteroatoms. The van der Waals surface area contributed by atoms with Gasteiger partial charge in [0, 0.05) is 17.0 Å². The van der Waals surface area contributed by atoms with Crippen LogP contribution in [0.1, 0.15) is 32.1 Å². The number of amides is 1. The average Bonchev–Trinajstić information content (AvgIpc) is 2.39. The van der Waals surface area contributed by atoms with Gasteiger partial charge in [-0.1, -0.05) is 12.8 Å². The van der Waals surface area contributed by atoms with Gasteiger partial charge in [-0.15, -0.1) is 0 Å². The number of rotatable bonds is 8. The van der Waals surface area contributed by atoms with Gasteiger partial charge in [0.05, 0.1) is 0 Å². The smallest absolute Gasteiger partial charge is 0.330 e. The number of carbonyl (C=O) groups is 1. The number of halogens is 3. The molecule has 3 nitrogen and oxygen atoms in total. The van der Waals surface area contributed by atoms with Crippen LogP contribution in [-0.4, -0.2) is 18.0 Å². The lowest BCUT2D eigenvalue weighted by molar-refractivity contribution is -0.116. The summed E-state index contributed by atoms with van der Waals surface area (Å²) in [6.45, 7) is 0.661. The van der Waals surface area contributed by atoms with Gasteiger partial charge in [-0.05, 0) is 55.4 Å². The highest BCUT2D eigenvalue weighted by Crippen LogP contribution is 2.37. The molecule has 1 rings (SSSR count). The van der Waals surface area contributed by atoms with Gasteiger partial charge in [0.1, 0.15) is 0 Å².